The number of carbonyl (C=O) groups excluding carboxylic acids is 1. The maximum atomic E-state index is 13.2. The van der Waals surface area contributed by atoms with Gasteiger partial charge in [-0.25, -0.2) is 4.39 Å². The molecule has 0 unspecified atom stereocenters. The van der Waals surface area contributed by atoms with Crippen molar-refractivity contribution in [3.05, 3.63) is 29.6 Å². The summed E-state index contributed by atoms with van der Waals surface area (Å²) in [5, 5.41) is 21.0. The summed E-state index contributed by atoms with van der Waals surface area (Å²) in [7, 11) is 0. The monoisotopic (exact) mass is 227 g/mol. The van der Waals surface area contributed by atoms with Gasteiger partial charge < -0.3 is 15.5 Å². The summed E-state index contributed by atoms with van der Waals surface area (Å²) >= 11 is 0. The molecule has 1 aromatic carbocycles. The smallest absolute Gasteiger partial charge is 0.258 e. The van der Waals surface area contributed by atoms with Crippen molar-refractivity contribution in [2.24, 2.45) is 0 Å². The van der Waals surface area contributed by atoms with Crippen molar-refractivity contribution in [3.8, 4) is 5.75 Å². The highest BCUT2D eigenvalue weighted by molar-refractivity contribution is 5.97. The zero-order valence-electron chi connectivity index (χ0n) is 9.12. The first-order valence-electron chi connectivity index (χ1n) is 4.79. The first-order valence-corrected chi connectivity index (χ1v) is 4.79. The third kappa shape index (κ3) is 3.20. The van der Waals surface area contributed by atoms with E-state index in [1.54, 1.807) is 0 Å². The predicted octanol–water partition coefficient (Wildman–Crippen LogP) is 1.03. The van der Waals surface area contributed by atoms with E-state index in [9.17, 15) is 19.4 Å². The normalized spacial score (nSPS) is 11.2. The van der Waals surface area contributed by atoms with E-state index in [1.807, 2.05) is 0 Å². The van der Waals surface area contributed by atoms with Gasteiger partial charge in [0.2, 0.25) is 0 Å². The molecule has 1 amide bonds. The standard InChI is InChI=1S/C11H14FNO3/c1-11(2,16)6-13-10(15)9-7(12)4-3-5-8(9)14/h3-5,14,16H,6H2,1-2H3,(H,13,15). The molecule has 0 aromatic heterocycles. The van der Waals surface area contributed by atoms with Gasteiger partial charge in [0.05, 0.1) is 5.60 Å². The van der Waals surface area contributed by atoms with Crippen LogP contribution in [0.1, 0.15) is 24.2 Å². The van der Waals surface area contributed by atoms with E-state index in [0.717, 1.165) is 6.07 Å². The van der Waals surface area contributed by atoms with Crippen LogP contribution in [-0.4, -0.2) is 28.3 Å². The molecule has 4 nitrogen and oxygen atoms in total. The lowest BCUT2D eigenvalue weighted by molar-refractivity contribution is 0.0690. The lowest BCUT2D eigenvalue weighted by Gasteiger charge is -2.17. The summed E-state index contributed by atoms with van der Waals surface area (Å²) in [5.74, 6) is -1.97. The molecule has 0 atom stereocenters. The highest BCUT2D eigenvalue weighted by Crippen LogP contribution is 2.19. The maximum Gasteiger partial charge on any atom is 0.258 e. The molecular weight excluding hydrogens is 213 g/mol. The molecule has 0 radical (unpaired) electrons. The fourth-order valence-corrected chi connectivity index (χ4v) is 1.12. The average Bonchev–Trinajstić information content (AvgIpc) is 2.13. The Kier molecular flexibility index (Phi) is 3.49. The number of hydrogen-bond acceptors (Lipinski definition) is 3. The van der Waals surface area contributed by atoms with E-state index in [-0.39, 0.29) is 6.54 Å². The molecule has 0 saturated heterocycles. The van der Waals surface area contributed by atoms with Crippen LogP contribution in [0.4, 0.5) is 4.39 Å². The number of phenols is 1. The van der Waals surface area contributed by atoms with E-state index in [0.29, 0.717) is 0 Å². The highest BCUT2D eigenvalue weighted by Gasteiger charge is 2.19. The molecule has 88 valence electrons. The Bertz CT molecular complexity index is 378. The molecule has 5 heteroatoms. The van der Waals surface area contributed by atoms with Crippen molar-refractivity contribution in [2.75, 3.05) is 6.54 Å². The molecule has 0 aliphatic heterocycles. The molecule has 1 aromatic rings. The second-order valence-corrected chi connectivity index (χ2v) is 4.13. The van der Waals surface area contributed by atoms with Gasteiger partial charge in [0, 0.05) is 6.54 Å². The van der Waals surface area contributed by atoms with E-state index >= 15 is 0 Å². The molecule has 3 N–H and O–H groups in total. The number of phenolic OH excluding ortho intramolecular Hbond substituents is 1. The first-order chi connectivity index (χ1) is 7.31. The predicted molar refractivity (Wildman–Crippen MR) is 56.7 cm³/mol. The van der Waals surface area contributed by atoms with Crippen LogP contribution in [0.15, 0.2) is 18.2 Å². The van der Waals surface area contributed by atoms with Gasteiger partial charge in [-0.15, -0.1) is 0 Å². The number of amides is 1. The number of aromatic hydroxyl groups is 1. The zero-order valence-corrected chi connectivity index (χ0v) is 9.12. The molecule has 0 spiro atoms. The Morgan fingerprint density at radius 2 is 2.12 bits per heavy atom. The Morgan fingerprint density at radius 3 is 2.62 bits per heavy atom. The average molecular weight is 227 g/mol. The summed E-state index contributed by atoms with van der Waals surface area (Å²) in [6.07, 6.45) is 0. The molecule has 0 heterocycles. The van der Waals surface area contributed by atoms with Crippen molar-refractivity contribution in [1.29, 1.82) is 0 Å². The Hall–Kier alpha value is -1.62. The van der Waals surface area contributed by atoms with Gasteiger partial charge >= 0.3 is 0 Å². The second-order valence-electron chi connectivity index (χ2n) is 4.13. The van der Waals surface area contributed by atoms with Crippen molar-refractivity contribution >= 4 is 5.91 Å². The van der Waals surface area contributed by atoms with Gasteiger partial charge in [0.25, 0.3) is 5.91 Å². The second kappa shape index (κ2) is 4.49. The number of hydrogen-bond donors (Lipinski definition) is 3. The van der Waals surface area contributed by atoms with E-state index in [2.05, 4.69) is 5.32 Å². The van der Waals surface area contributed by atoms with E-state index in [1.165, 1.54) is 26.0 Å². The van der Waals surface area contributed by atoms with Crippen molar-refractivity contribution in [2.45, 2.75) is 19.4 Å². The van der Waals surface area contributed by atoms with Crippen LogP contribution >= 0.6 is 0 Å². The Labute approximate surface area is 92.7 Å². The minimum Gasteiger partial charge on any atom is -0.507 e. The fourth-order valence-electron chi connectivity index (χ4n) is 1.12. The fraction of sp³-hybridized carbons (Fsp3) is 0.364. The maximum absolute atomic E-state index is 13.2. The van der Waals surface area contributed by atoms with Crippen molar-refractivity contribution in [3.63, 3.8) is 0 Å². The largest absolute Gasteiger partial charge is 0.507 e. The molecule has 0 aliphatic rings. The molecule has 0 fully saturated rings. The number of benzene rings is 1. The summed E-state index contributed by atoms with van der Waals surface area (Å²) < 4.78 is 13.2. The van der Waals surface area contributed by atoms with Crippen LogP contribution < -0.4 is 5.32 Å². The number of nitrogens with one attached hydrogen (secondary N) is 1. The molecule has 16 heavy (non-hydrogen) atoms. The number of rotatable bonds is 3. The van der Waals surface area contributed by atoms with Crippen LogP contribution in [-0.2, 0) is 0 Å². The summed E-state index contributed by atoms with van der Waals surface area (Å²) in [4.78, 5) is 11.5. The third-order valence-corrected chi connectivity index (χ3v) is 1.90. The number of halogens is 1. The van der Waals surface area contributed by atoms with Gasteiger partial charge in [0.15, 0.2) is 0 Å². The van der Waals surface area contributed by atoms with Crippen LogP contribution in [0, 0.1) is 5.82 Å². The third-order valence-electron chi connectivity index (χ3n) is 1.90. The topological polar surface area (TPSA) is 69.6 Å². The van der Waals surface area contributed by atoms with Crippen molar-refractivity contribution in [1.82, 2.24) is 5.32 Å². The Morgan fingerprint density at radius 1 is 1.50 bits per heavy atom. The zero-order chi connectivity index (χ0) is 12.3. The van der Waals surface area contributed by atoms with Crippen molar-refractivity contribution < 1.29 is 19.4 Å². The van der Waals surface area contributed by atoms with Crippen LogP contribution in [0.3, 0.4) is 0 Å². The first kappa shape index (κ1) is 12.4. The lowest BCUT2D eigenvalue weighted by atomic mass is 10.1. The minimum atomic E-state index is -1.09. The Balaban J connectivity index is 2.81. The highest BCUT2D eigenvalue weighted by atomic mass is 19.1. The summed E-state index contributed by atoms with van der Waals surface area (Å²) in [5.41, 5.74) is -1.50. The van der Waals surface area contributed by atoms with Gasteiger partial charge in [-0.1, -0.05) is 6.07 Å². The van der Waals surface area contributed by atoms with Gasteiger partial charge in [-0.3, -0.25) is 4.79 Å². The van der Waals surface area contributed by atoms with E-state index < -0.39 is 28.6 Å². The SMILES string of the molecule is CC(C)(O)CNC(=O)c1c(O)cccc1F. The minimum absolute atomic E-state index is 0.0282. The van der Waals surface area contributed by atoms with Crippen LogP contribution in [0.25, 0.3) is 0 Å². The summed E-state index contributed by atoms with van der Waals surface area (Å²) in [6, 6.07) is 3.61. The van der Waals surface area contributed by atoms with Gasteiger partial charge in [-0.05, 0) is 26.0 Å². The van der Waals surface area contributed by atoms with Gasteiger partial charge in [0.1, 0.15) is 17.1 Å². The quantitative estimate of drug-likeness (QED) is 0.722. The number of aliphatic hydroxyl groups is 1. The van der Waals surface area contributed by atoms with Crippen LogP contribution in [0.2, 0.25) is 0 Å². The molecule has 1 rings (SSSR count). The molecular formula is C11H14FNO3. The number of carbonyl (C=O) groups is 1. The summed E-state index contributed by atoms with van der Waals surface area (Å²) in [6.45, 7) is 2.99. The molecule has 0 bridgehead atoms. The molecule has 0 aliphatic carbocycles. The van der Waals surface area contributed by atoms with Gasteiger partial charge in [-0.2, -0.15) is 0 Å². The molecule has 0 saturated carbocycles. The van der Waals surface area contributed by atoms with Crippen LogP contribution in [0.5, 0.6) is 5.75 Å². The van der Waals surface area contributed by atoms with E-state index in [4.69, 9.17) is 0 Å². The lowest BCUT2D eigenvalue weighted by Crippen LogP contribution is -2.38.